The SMILES string of the molecule is NC1C2c3ccccc3C(c3ccccc32)C1n1ccnc1. The van der Waals surface area contributed by atoms with Gasteiger partial charge in [-0.1, -0.05) is 48.5 Å². The predicted molar refractivity (Wildman–Crippen MR) is 85.8 cm³/mol. The zero-order valence-corrected chi connectivity index (χ0v) is 12.1. The van der Waals surface area contributed by atoms with Gasteiger partial charge >= 0.3 is 0 Å². The topological polar surface area (TPSA) is 43.8 Å². The first-order chi connectivity index (χ1) is 10.9. The number of fused-ring (bicyclic) bond motifs is 1. The molecule has 2 aromatic carbocycles. The average molecular weight is 287 g/mol. The van der Waals surface area contributed by atoms with E-state index in [2.05, 4.69) is 58.1 Å². The number of hydrogen-bond donors (Lipinski definition) is 1. The lowest BCUT2D eigenvalue weighted by molar-refractivity contribution is 0.301. The van der Waals surface area contributed by atoms with Gasteiger partial charge in [-0.2, -0.15) is 0 Å². The number of nitrogens with two attached hydrogens (primary N) is 1. The Morgan fingerprint density at radius 1 is 0.818 bits per heavy atom. The number of imidazole rings is 1. The van der Waals surface area contributed by atoms with E-state index in [1.165, 1.54) is 22.3 Å². The third-order valence-electron chi connectivity index (χ3n) is 5.32. The second kappa shape index (κ2) is 4.31. The molecule has 0 saturated heterocycles. The summed E-state index contributed by atoms with van der Waals surface area (Å²) in [6.45, 7) is 0. The normalized spacial score (nSPS) is 28.2. The van der Waals surface area contributed by atoms with Crippen molar-refractivity contribution in [1.82, 2.24) is 9.55 Å². The van der Waals surface area contributed by atoms with Gasteiger partial charge in [-0.05, 0) is 22.3 Å². The van der Waals surface area contributed by atoms with Crippen LogP contribution >= 0.6 is 0 Å². The van der Waals surface area contributed by atoms with Gasteiger partial charge in [0.15, 0.2) is 0 Å². The summed E-state index contributed by atoms with van der Waals surface area (Å²) in [6, 6.07) is 17.8. The van der Waals surface area contributed by atoms with E-state index >= 15 is 0 Å². The molecule has 2 bridgehead atoms. The molecule has 3 aromatic rings. The van der Waals surface area contributed by atoms with Gasteiger partial charge in [0.25, 0.3) is 0 Å². The van der Waals surface area contributed by atoms with Crippen molar-refractivity contribution in [2.75, 3.05) is 0 Å². The van der Waals surface area contributed by atoms with Crippen LogP contribution in [0, 0.1) is 0 Å². The molecular weight excluding hydrogens is 270 g/mol. The molecule has 6 rings (SSSR count). The maximum atomic E-state index is 6.74. The van der Waals surface area contributed by atoms with Crippen molar-refractivity contribution in [3.63, 3.8) is 0 Å². The van der Waals surface area contributed by atoms with Crippen molar-refractivity contribution < 1.29 is 0 Å². The maximum absolute atomic E-state index is 6.74. The zero-order valence-electron chi connectivity index (χ0n) is 12.1. The quantitative estimate of drug-likeness (QED) is 0.747. The number of hydrogen-bond acceptors (Lipinski definition) is 2. The van der Waals surface area contributed by atoms with E-state index in [0.717, 1.165) is 0 Å². The molecule has 3 nitrogen and oxygen atoms in total. The van der Waals surface area contributed by atoms with E-state index in [1.807, 2.05) is 18.7 Å². The van der Waals surface area contributed by atoms with Gasteiger partial charge in [0.05, 0.1) is 12.4 Å². The highest BCUT2D eigenvalue weighted by atomic mass is 15.1. The van der Waals surface area contributed by atoms with Crippen molar-refractivity contribution in [2.24, 2.45) is 5.73 Å². The zero-order chi connectivity index (χ0) is 14.7. The molecule has 2 N–H and O–H groups in total. The molecule has 3 heteroatoms. The largest absolute Gasteiger partial charge is 0.332 e. The van der Waals surface area contributed by atoms with E-state index in [-0.39, 0.29) is 18.0 Å². The van der Waals surface area contributed by atoms with Crippen LogP contribution in [0.1, 0.15) is 40.1 Å². The summed E-state index contributed by atoms with van der Waals surface area (Å²) in [7, 11) is 0. The van der Waals surface area contributed by atoms with Crippen LogP contribution in [0.5, 0.6) is 0 Å². The fourth-order valence-corrected chi connectivity index (χ4v) is 4.51. The van der Waals surface area contributed by atoms with Crippen LogP contribution in [0.4, 0.5) is 0 Å². The Hall–Kier alpha value is -2.39. The summed E-state index contributed by atoms with van der Waals surface area (Å²) >= 11 is 0. The van der Waals surface area contributed by atoms with Crippen LogP contribution in [-0.2, 0) is 0 Å². The Balaban J connectivity index is 1.82. The second-order valence-corrected chi connectivity index (χ2v) is 6.29. The Kier molecular flexibility index (Phi) is 2.38. The smallest absolute Gasteiger partial charge is 0.0949 e. The van der Waals surface area contributed by atoms with Gasteiger partial charge in [-0.25, -0.2) is 4.98 Å². The molecular formula is C19H17N3. The average Bonchev–Trinajstić information content (AvgIpc) is 3.09. The fourth-order valence-electron chi connectivity index (χ4n) is 4.51. The molecule has 108 valence electrons. The minimum Gasteiger partial charge on any atom is -0.332 e. The first-order valence-electron chi connectivity index (χ1n) is 7.77. The van der Waals surface area contributed by atoms with Crippen LogP contribution in [0.2, 0.25) is 0 Å². The number of aromatic nitrogens is 2. The van der Waals surface area contributed by atoms with Gasteiger partial charge in [0.1, 0.15) is 0 Å². The molecule has 2 atom stereocenters. The van der Waals surface area contributed by atoms with Gasteiger partial charge in [-0.15, -0.1) is 0 Å². The summed E-state index contributed by atoms with van der Waals surface area (Å²) in [5.74, 6) is 0.575. The van der Waals surface area contributed by atoms with E-state index < -0.39 is 0 Å². The van der Waals surface area contributed by atoms with Crippen molar-refractivity contribution >= 4 is 0 Å². The van der Waals surface area contributed by atoms with Gasteiger partial charge in [0, 0.05) is 30.3 Å². The summed E-state index contributed by atoms with van der Waals surface area (Å²) in [5.41, 5.74) is 12.4. The minimum absolute atomic E-state index is 0.0731. The molecule has 0 fully saturated rings. The van der Waals surface area contributed by atoms with E-state index in [4.69, 9.17) is 5.73 Å². The highest BCUT2D eigenvalue weighted by Gasteiger charge is 2.48. The van der Waals surface area contributed by atoms with E-state index in [9.17, 15) is 0 Å². The van der Waals surface area contributed by atoms with Crippen LogP contribution in [0.25, 0.3) is 0 Å². The third-order valence-corrected chi connectivity index (χ3v) is 5.32. The first kappa shape index (κ1) is 12.2. The molecule has 0 aliphatic heterocycles. The van der Waals surface area contributed by atoms with Crippen LogP contribution in [0.15, 0.2) is 67.3 Å². The van der Waals surface area contributed by atoms with Crippen molar-refractivity contribution in [3.8, 4) is 0 Å². The van der Waals surface area contributed by atoms with Crippen LogP contribution in [-0.4, -0.2) is 15.6 Å². The molecule has 0 amide bonds. The Morgan fingerprint density at radius 3 is 1.86 bits per heavy atom. The fraction of sp³-hybridized carbons (Fsp3) is 0.211. The maximum Gasteiger partial charge on any atom is 0.0949 e. The summed E-state index contributed by atoms with van der Waals surface area (Å²) in [5, 5.41) is 0. The third kappa shape index (κ3) is 1.41. The highest BCUT2D eigenvalue weighted by molar-refractivity contribution is 5.57. The predicted octanol–water partition coefficient (Wildman–Crippen LogP) is 3.04. The molecule has 22 heavy (non-hydrogen) atoms. The van der Waals surface area contributed by atoms with Gasteiger partial charge in [-0.3, -0.25) is 0 Å². The van der Waals surface area contributed by atoms with E-state index in [0.29, 0.717) is 5.92 Å². The summed E-state index contributed by atoms with van der Waals surface area (Å²) in [4.78, 5) is 4.23. The molecule has 0 saturated carbocycles. The second-order valence-electron chi connectivity index (χ2n) is 6.29. The van der Waals surface area contributed by atoms with Crippen molar-refractivity contribution in [2.45, 2.75) is 23.9 Å². The monoisotopic (exact) mass is 287 g/mol. The Morgan fingerprint density at radius 2 is 1.36 bits per heavy atom. The molecule has 3 aliphatic carbocycles. The summed E-state index contributed by atoms with van der Waals surface area (Å²) in [6.07, 6.45) is 5.78. The van der Waals surface area contributed by atoms with Gasteiger partial charge < -0.3 is 10.3 Å². The molecule has 1 aromatic heterocycles. The van der Waals surface area contributed by atoms with Crippen molar-refractivity contribution in [3.05, 3.63) is 89.5 Å². The lowest BCUT2D eigenvalue weighted by Crippen LogP contribution is -2.49. The highest BCUT2D eigenvalue weighted by Crippen LogP contribution is 2.56. The standard InChI is InChI=1S/C19H17N3/c20-18-16-12-5-1-3-7-14(12)17(15-8-4-2-6-13(15)16)19(18)22-10-9-21-11-22/h1-11,16-19H,20H2. The Labute approximate surface area is 129 Å². The molecule has 1 heterocycles. The molecule has 3 aliphatic rings. The van der Waals surface area contributed by atoms with Crippen LogP contribution in [0.3, 0.4) is 0 Å². The first-order valence-corrected chi connectivity index (χ1v) is 7.77. The lowest BCUT2D eigenvalue weighted by atomic mass is 9.59. The number of nitrogens with zero attached hydrogens (tertiary/aromatic N) is 2. The van der Waals surface area contributed by atoms with Gasteiger partial charge in [0.2, 0.25) is 0 Å². The molecule has 0 spiro atoms. The van der Waals surface area contributed by atoms with Crippen LogP contribution < -0.4 is 5.73 Å². The number of benzene rings is 2. The number of rotatable bonds is 1. The molecule has 2 unspecified atom stereocenters. The van der Waals surface area contributed by atoms with E-state index in [1.54, 1.807) is 0 Å². The van der Waals surface area contributed by atoms with Crippen molar-refractivity contribution in [1.29, 1.82) is 0 Å². The minimum atomic E-state index is 0.0731. The lowest BCUT2D eigenvalue weighted by Gasteiger charge is -2.49. The summed E-state index contributed by atoms with van der Waals surface area (Å²) < 4.78 is 2.19. The molecule has 0 radical (unpaired) electrons. The Bertz CT molecular complexity index is 790.